The van der Waals surface area contributed by atoms with Crippen LogP contribution in [0, 0.1) is 0 Å². The second-order valence-electron chi connectivity index (χ2n) is 5.00. The number of hydrogen-bond acceptors (Lipinski definition) is 3. The van der Waals surface area contributed by atoms with Crippen LogP contribution in [0.5, 0.6) is 0 Å². The van der Waals surface area contributed by atoms with Crippen molar-refractivity contribution in [3.8, 4) is 0 Å². The molecule has 1 aliphatic rings. The minimum Gasteiger partial charge on any atom is -0.381 e. The lowest BCUT2D eigenvalue weighted by Gasteiger charge is -2.24. The van der Waals surface area contributed by atoms with Gasteiger partial charge in [0.15, 0.2) is 0 Å². The van der Waals surface area contributed by atoms with Crippen molar-refractivity contribution in [2.45, 2.75) is 25.4 Å². The van der Waals surface area contributed by atoms with Crippen LogP contribution in [0.2, 0.25) is 0 Å². The third-order valence-corrected chi connectivity index (χ3v) is 4.17. The quantitative estimate of drug-likeness (QED) is 0.884. The molecule has 1 fully saturated rings. The van der Waals surface area contributed by atoms with E-state index in [1.54, 1.807) is 0 Å². The number of nitrogens with one attached hydrogen (secondary N) is 1. The highest BCUT2D eigenvalue weighted by Crippen LogP contribution is 2.21. The van der Waals surface area contributed by atoms with Gasteiger partial charge in [0.25, 0.3) is 0 Å². The lowest BCUT2D eigenvalue weighted by atomic mass is 10.1. The maximum absolute atomic E-state index is 3.66. The molecule has 94 valence electrons. The number of rotatable bonds is 4. The Bertz CT molecular complexity index is 346. The monoisotopic (exact) mass is 250 g/mol. The molecule has 3 heteroatoms. The van der Waals surface area contributed by atoms with Gasteiger partial charge in [-0.15, -0.1) is 0 Å². The molecule has 1 aromatic rings. The molecule has 0 radical (unpaired) electrons. The normalized spacial score (nSPS) is 20.5. The molecule has 1 aliphatic heterocycles. The van der Waals surface area contributed by atoms with E-state index in [0.717, 1.165) is 6.54 Å². The lowest BCUT2D eigenvalue weighted by molar-refractivity contribution is 0.402. The Morgan fingerprint density at radius 1 is 1.41 bits per heavy atom. The average molecular weight is 250 g/mol. The highest BCUT2D eigenvalue weighted by atomic mass is 32.2. The van der Waals surface area contributed by atoms with Gasteiger partial charge in [-0.1, -0.05) is 12.1 Å². The minimum absolute atomic E-state index is 0.656. The van der Waals surface area contributed by atoms with E-state index >= 15 is 0 Å². The van der Waals surface area contributed by atoms with Crippen LogP contribution in [-0.4, -0.2) is 36.5 Å². The maximum Gasteiger partial charge on any atom is 0.0352 e. The summed E-state index contributed by atoms with van der Waals surface area (Å²) in [5, 5.41) is 3.66. The smallest absolute Gasteiger partial charge is 0.0352 e. The molecule has 2 rings (SSSR count). The van der Waals surface area contributed by atoms with E-state index in [-0.39, 0.29) is 0 Å². The van der Waals surface area contributed by atoms with Crippen LogP contribution < -0.4 is 5.32 Å². The molecule has 0 aromatic heterocycles. The molecule has 0 aliphatic carbocycles. The van der Waals surface area contributed by atoms with Crippen molar-refractivity contribution in [3.63, 3.8) is 0 Å². The summed E-state index contributed by atoms with van der Waals surface area (Å²) in [7, 11) is 4.22. The fourth-order valence-electron chi connectivity index (χ4n) is 2.21. The molecule has 0 amide bonds. The van der Waals surface area contributed by atoms with Crippen molar-refractivity contribution < 1.29 is 0 Å². The third kappa shape index (κ3) is 4.25. The molecular weight excluding hydrogens is 228 g/mol. The predicted molar refractivity (Wildman–Crippen MR) is 77.8 cm³/mol. The molecule has 1 atom stereocenters. The van der Waals surface area contributed by atoms with Gasteiger partial charge in [-0.05, 0) is 50.4 Å². The topological polar surface area (TPSA) is 15.3 Å². The van der Waals surface area contributed by atoms with Crippen molar-refractivity contribution in [1.29, 1.82) is 0 Å². The van der Waals surface area contributed by atoms with Crippen molar-refractivity contribution >= 4 is 17.4 Å². The van der Waals surface area contributed by atoms with Crippen LogP contribution in [0.4, 0.5) is 5.69 Å². The van der Waals surface area contributed by atoms with E-state index in [1.807, 2.05) is 0 Å². The Kier molecular flexibility index (Phi) is 4.75. The molecule has 2 nitrogen and oxygen atoms in total. The zero-order valence-electron chi connectivity index (χ0n) is 10.8. The Morgan fingerprint density at radius 3 is 3.00 bits per heavy atom. The molecule has 1 unspecified atom stereocenters. The van der Waals surface area contributed by atoms with Gasteiger partial charge < -0.3 is 10.2 Å². The fraction of sp³-hybridized carbons (Fsp3) is 0.571. The van der Waals surface area contributed by atoms with Crippen molar-refractivity contribution in [2.75, 3.05) is 30.9 Å². The summed E-state index contributed by atoms with van der Waals surface area (Å²) in [4.78, 5) is 2.20. The largest absolute Gasteiger partial charge is 0.381 e. The number of benzene rings is 1. The van der Waals surface area contributed by atoms with Gasteiger partial charge in [0.2, 0.25) is 0 Å². The van der Waals surface area contributed by atoms with E-state index in [0.29, 0.717) is 6.04 Å². The van der Waals surface area contributed by atoms with Gasteiger partial charge in [0, 0.05) is 24.0 Å². The molecule has 1 N–H and O–H groups in total. The highest BCUT2D eigenvalue weighted by Gasteiger charge is 2.13. The van der Waals surface area contributed by atoms with Gasteiger partial charge in [-0.3, -0.25) is 0 Å². The summed E-state index contributed by atoms with van der Waals surface area (Å²) in [5.41, 5.74) is 2.65. The zero-order valence-corrected chi connectivity index (χ0v) is 11.6. The van der Waals surface area contributed by atoms with Crippen LogP contribution >= 0.6 is 11.8 Å². The molecular formula is C14H22N2S. The van der Waals surface area contributed by atoms with Gasteiger partial charge >= 0.3 is 0 Å². The molecule has 0 bridgehead atoms. The Balaban J connectivity index is 1.95. The van der Waals surface area contributed by atoms with Crippen molar-refractivity contribution in [3.05, 3.63) is 29.8 Å². The number of hydrogen-bond donors (Lipinski definition) is 1. The van der Waals surface area contributed by atoms with E-state index in [1.165, 1.54) is 35.6 Å². The van der Waals surface area contributed by atoms with Crippen LogP contribution in [0.25, 0.3) is 0 Å². The van der Waals surface area contributed by atoms with E-state index in [4.69, 9.17) is 0 Å². The maximum atomic E-state index is 3.66. The fourth-order valence-corrected chi connectivity index (χ4v) is 3.29. The predicted octanol–water partition coefficient (Wildman–Crippen LogP) is 3.06. The number of anilines is 1. The van der Waals surface area contributed by atoms with Gasteiger partial charge in [0.1, 0.15) is 0 Å². The van der Waals surface area contributed by atoms with E-state index < -0.39 is 0 Å². The van der Waals surface area contributed by atoms with E-state index in [2.05, 4.69) is 60.3 Å². The SMILES string of the molecule is CN(C)Cc1cccc(NC2CCCSC2)c1. The zero-order chi connectivity index (χ0) is 12.1. The second-order valence-corrected chi connectivity index (χ2v) is 6.15. The second kappa shape index (κ2) is 6.31. The third-order valence-electron chi connectivity index (χ3n) is 2.96. The first kappa shape index (κ1) is 12.8. The molecule has 1 heterocycles. The molecule has 1 aromatic carbocycles. The van der Waals surface area contributed by atoms with Crippen LogP contribution in [0.15, 0.2) is 24.3 Å². The Hall–Kier alpha value is -0.670. The molecule has 0 spiro atoms. The summed E-state index contributed by atoms with van der Waals surface area (Å²) in [6, 6.07) is 9.46. The first-order chi connectivity index (χ1) is 8.24. The summed E-state index contributed by atoms with van der Waals surface area (Å²) >= 11 is 2.07. The van der Waals surface area contributed by atoms with Crippen molar-refractivity contribution in [1.82, 2.24) is 4.90 Å². The average Bonchev–Trinajstić information content (AvgIpc) is 2.30. The molecule has 1 saturated heterocycles. The summed E-state index contributed by atoms with van der Waals surface area (Å²) < 4.78 is 0. The van der Waals surface area contributed by atoms with E-state index in [9.17, 15) is 0 Å². The van der Waals surface area contributed by atoms with Crippen LogP contribution in [0.1, 0.15) is 18.4 Å². The summed E-state index contributed by atoms with van der Waals surface area (Å²) in [6.07, 6.45) is 2.66. The first-order valence-electron chi connectivity index (χ1n) is 6.32. The van der Waals surface area contributed by atoms with Gasteiger partial charge in [-0.25, -0.2) is 0 Å². The lowest BCUT2D eigenvalue weighted by Crippen LogP contribution is -2.25. The molecule has 17 heavy (non-hydrogen) atoms. The van der Waals surface area contributed by atoms with Gasteiger partial charge in [0.05, 0.1) is 0 Å². The highest BCUT2D eigenvalue weighted by molar-refractivity contribution is 7.99. The standard InChI is InChI=1S/C14H22N2S/c1-16(2)10-12-5-3-6-13(9-12)15-14-7-4-8-17-11-14/h3,5-6,9,14-15H,4,7-8,10-11H2,1-2H3. The Labute approximate surface area is 109 Å². The van der Waals surface area contributed by atoms with Crippen LogP contribution in [0.3, 0.4) is 0 Å². The summed E-state index contributed by atoms with van der Waals surface area (Å²) in [6.45, 7) is 1.01. The number of thioether (sulfide) groups is 1. The minimum atomic E-state index is 0.656. The summed E-state index contributed by atoms with van der Waals surface area (Å²) in [5.74, 6) is 2.58. The van der Waals surface area contributed by atoms with Crippen LogP contribution in [-0.2, 0) is 6.54 Å². The van der Waals surface area contributed by atoms with Crippen molar-refractivity contribution in [2.24, 2.45) is 0 Å². The van der Waals surface area contributed by atoms with Gasteiger partial charge in [-0.2, -0.15) is 11.8 Å². The number of nitrogens with zero attached hydrogens (tertiary/aromatic N) is 1. The molecule has 0 saturated carbocycles. The first-order valence-corrected chi connectivity index (χ1v) is 7.47. The Morgan fingerprint density at radius 2 is 2.29 bits per heavy atom.